The highest BCUT2D eigenvalue weighted by atomic mass is 16.5. The number of benzene rings is 1. The first kappa shape index (κ1) is 13.7. The van der Waals surface area contributed by atoms with Gasteiger partial charge in [-0.05, 0) is 31.4 Å². The number of piperidine rings is 1. The third-order valence-corrected chi connectivity index (χ3v) is 4.00. The molecule has 3 rings (SSSR count). The van der Waals surface area contributed by atoms with Gasteiger partial charge in [-0.25, -0.2) is 4.79 Å². The van der Waals surface area contributed by atoms with Crippen LogP contribution in [-0.4, -0.2) is 41.5 Å². The molecule has 21 heavy (non-hydrogen) atoms. The quantitative estimate of drug-likeness (QED) is 0.862. The topological polar surface area (TPSA) is 62.4 Å². The lowest BCUT2D eigenvalue weighted by Crippen LogP contribution is -2.48. The Bertz CT molecular complexity index is 644. The van der Waals surface area contributed by atoms with Gasteiger partial charge in [0.25, 0.3) is 5.91 Å². The average Bonchev–Trinajstić information content (AvgIpc) is 2.97. The average molecular weight is 286 g/mol. The molecule has 1 N–H and O–H groups in total. The zero-order chi connectivity index (χ0) is 14.8. The predicted octanol–water partition coefficient (Wildman–Crippen LogP) is 2.34. The molecule has 5 nitrogen and oxygen atoms in total. The fraction of sp³-hybridized carbons (Fsp3) is 0.375. The Morgan fingerprint density at radius 3 is 2.86 bits per heavy atom. The number of fused-ring (bicyclic) bond motifs is 1. The number of hydrogen-bond donors (Lipinski definition) is 1. The van der Waals surface area contributed by atoms with Crippen LogP contribution in [0.5, 0.6) is 0 Å². The largest absolute Gasteiger partial charge is 0.467 e. The minimum Gasteiger partial charge on any atom is -0.467 e. The van der Waals surface area contributed by atoms with Crippen LogP contribution in [0.15, 0.2) is 30.3 Å². The smallest absolute Gasteiger partial charge is 0.328 e. The molecule has 5 heteroatoms. The van der Waals surface area contributed by atoms with Crippen molar-refractivity contribution in [2.24, 2.45) is 0 Å². The monoisotopic (exact) mass is 286 g/mol. The van der Waals surface area contributed by atoms with Gasteiger partial charge < -0.3 is 14.6 Å². The van der Waals surface area contributed by atoms with Gasteiger partial charge in [0.2, 0.25) is 0 Å². The van der Waals surface area contributed by atoms with Crippen molar-refractivity contribution in [2.75, 3.05) is 13.7 Å². The van der Waals surface area contributed by atoms with Crippen LogP contribution in [0.25, 0.3) is 10.9 Å². The van der Waals surface area contributed by atoms with Crippen LogP contribution in [0.3, 0.4) is 0 Å². The molecule has 2 heterocycles. The molecule has 1 saturated heterocycles. The number of esters is 1. The van der Waals surface area contributed by atoms with E-state index < -0.39 is 6.04 Å². The first-order valence-electron chi connectivity index (χ1n) is 7.17. The summed E-state index contributed by atoms with van der Waals surface area (Å²) in [5, 5.41) is 0.993. The Balaban J connectivity index is 1.90. The molecular formula is C16H18N2O3. The number of carbonyl (C=O) groups excluding carboxylic acids is 2. The zero-order valence-electron chi connectivity index (χ0n) is 12.0. The number of rotatable bonds is 2. The van der Waals surface area contributed by atoms with E-state index >= 15 is 0 Å². The maximum Gasteiger partial charge on any atom is 0.328 e. The number of amides is 1. The lowest BCUT2D eigenvalue weighted by Gasteiger charge is -2.33. The van der Waals surface area contributed by atoms with Crippen LogP contribution in [-0.2, 0) is 9.53 Å². The molecule has 1 fully saturated rings. The summed E-state index contributed by atoms with van der Waals surface area (Å²) in [4.78, 5) is 29.3. The number of para-hydroxylation sites is 1. The van der Waals surface area contributed by atoms with Gasteiger partial charge in [-0.2, -0.15) is 0 Å². The lowest BCUT2D eigenvalue weighted by molar-refractivity contribution is -0.147. The maximum absolute atomic E-state index is 12.7. The molecule has 2 aromatic rings. The standard InChI is InChI=1S/C16H18N2O3/c1-21-16(20)14-8-4-5-9-18(14)15(19)13-10-11-6-2-3-7-12(11)17-13/h2-3,6-7,10,14,17H,4-5,8-9H2,1H3. The van der Waals surface area contributed by atoms with E-state index in [-0.39, 0.29) is 11.9 Å². The molecule has 1 aliphatic heterocycles. The molecule has 0 bridgehead atoms. The molecule has 0 spiro atoms. The Morgan fingerprint density at radius 2 is 2.10 bits per heavy atom. The number of ether oxygens (including phenoxy) is 1. The van der Waals surface area contributed by atoms with Crippen LogP contribution in [0.4, 0.5) is 0 Å². The highest BCUT2D eigenvalue weighted by Gasteiger charge is 2.33. The molecule has 0 radical (unpaired) electrons. The number of H-pyrrole nitrogens is 1. The Morgan fingerprint density at radius 1 is 1.29 bits per heavy atom. The van der Waals surface area contributed by atoms with Crippen LogP contribution in [0, 0.1) is 0 Å². The molecule has 1 aromatic carbocycles. The molecule has 0 saturated carbocycles. The molecular weight excluding hydrogens is 268 g/mol. The summed E-state index contributed by atoms with van der Waals surface area (Å²) in [5.41, 5.74) is 1.44. The van der Waals surface area contributed by atoms with Gasteiger partial charge in [-0.1, -0.05) is 18.2 Å². The van der Waals surface area contributed by atoms with Crippen molar-refractivity contribution in [3.05, 3.63) is 36.0 Å². The third-order valence-electron chi connectivity index (χ3n) is 4.00. The summed E-state index contributed by atoms with van der Waals surface area (Å²) < 4.78 is 4.82. The van der Waals surface area contributed by atoms with Crippen LogP contribution in [0.2, 0.25) is 0 Å². The summed E-state index contributed by atoms with van der Waals surface area (Å²) in [6, 6.07) is 9.10. The van der Waals surface area contributed by atoms with Crippen molar-refractivity contribution < 1.29 is 14.3 Å². The second-order valence-corrected chi connectivity index (χ2v) is 5.30. The third kappa shape index (κ3) is 2.51. The molecule has 1 amide bonds. The van der Waals surface area contributed by atoms with Crippen LogP contribution >= 0.6 is 0 Å². The molecule has 1 aromatic heterocycles. The van der Waals surface area contributed by atoms with Gasteiger partial charge in [0.15, 0.2) is 0 Å². The first-order valence-corrected chi connectivity index (χ1v) is 7.17. The van der Waals surface area contributed by atoms with E-state index in [4.69, 9.17) is 4.74 Å². The minimum absolute atomic E-state index is 0.138. The van der Waals surface area contributed by atoms with Crippen molar-refractivity contribution in [1.82, 2.24) is 9.88 Å². The van der Waals surface area contributed by atoms with E-state index in [9.17, 15) is 9.59 Å². The van der Waals surface area contributed by atoms with E-state index in [0.29, 0.717) is 18.7 Å². The van der Waals surface area contributed by atoms with E-state index in [0.717, 1.165) is 23.7 Å². The van der Waals surface area contributed by atoms with E-state index in [2.05, 4.69) is 4.98 Å². The molecule has 1 atom stereocenters. The number of nitrogens with one attached hydrogen (secondary N) is 1. The van der Waals surface area contributed by atoms with Crippen molar-refractivity contribution in [3.63, 3.8) is 0 Å². The first-order chi connectivity index (χ1) is 10.2. The lowest BCUT2D eigenvalue weighted by atomic mass is 10.0. The predicted molar refractivity (Wildman–Crippen MR) is 79.0 cm³/mol. The van der Waals surface area contributed by atoms with Crippen molar-refractivity contribution >= 4 is 22.8 Å². The van der Waals surface area contributed by atoms with Gasteiger partial charge in [0, 0.05) is 17.4 Å². The highest BCUT2D eigenvalue weighted by Crippen LogP contribution is 2.22. The molecule has 1 aliphatic rings. The number of hydrogen-bond acceptors (Lipinski definition) is 3. The maximum atomic E-state index is 12.7. The van der Waals surface area contributed by atoms with Gasteiger partial charge in [0.1, 0.15) is 11.7 Å². The summed E-state index contributed by atoms with van der Waals surface area (Å²) in [5.74, 6) is -0.472. The number of nitrogens with zero attached hydrogens (tertiary/aromatic N) is 1. The number of methoxy groups -OCH3 is 1. The summed E-state index contributed by atoms with van der Waals surface area (Å²) in [6.45, 7) is 0.591. The normalized spacial score (nSPS) is 18.7. The van der Waals surface area contributed by atoms with Crippen LogP contribution < -0.4 is 0 Å². The van der Waals surface area contributed by atoms with Gasteiger partial charge in [-0.3, -0.25) is 4.79 Å². The summed E-state index contributed by atoms with van der Waals surface area (Å²) in [6.07, 6.45) is 2.52. The van der Waals surface area contributed by atoms with Crippen molar-refractivity contribution in [1.29, 1.82) is 0 Å². The number of aromatic amines is 1. The summed E-state index contributed by atoms with van der Waals surface area (Å²) >= 11 is 0. The fourth-order valence-corrected chi connectivity index (χ4v) is 2.90. The number of likely N-dealkylation sites (tertiary alicyclic amines) is 1. The number of aromatic nitrogens is 1. The van der Waals surface area contributed by atoms with Gasteiger partial charge in [0.05, 0.1) is 7.11 Å². The SMILES string of the molecule is COC(=O)C1CCCCN1C(=O)c1cc2ccccc2[nH]1. The summed E-state index contributed by atoms with van der Waals surface area (Å²) in [7, 11) is 1.36. The zero-order valence-corrected chi connectivity index (χ0v) is 12.0. The van der Waals surface area contributed by atoms with E-state index in [1.54, 1.807) is 4.90 Å². The van der Waals surface area contributed by atoms with Gasteiger partial charge >= 0.3 is 5.97 Å². The van der Waals surface area contributed by atoms with Gasteiger partial charge in [-0.15, -0.1) is 0 Å². The second kappa shape index (κ2) is 5.60. The Labute approximate surface area is 122 Å². The fourth-order valence-electron chi connectivity index (χ4n) is 2.90. The van der Waals surface area contributed by atoms with Crippen molar-refractivity contribution in [2.45, 2.75) is 25.3 Å². The molecule has 110 valence electrons. The Kier molecular flexibility index (Phi) is 3.64. The molecule has 0 aliphatic carbocycles. The highest BCUT2D eigenvalue weighted by molar-refractivity contribution is 5.99. The minimum atomic E-state index is -0.470. The van der Waals surface area contributed by atoms with Crippen LogP contribution in [0.1, 0.15) is 29.8 Å². The van der Waals surface area contributed by atoms with Crippen molar-refractivity contribution in [3.8, 4) is 0 Å². The van der Waals surface area contributed by atoms with E-state index in [1.807, 2.05) is 30.3 Å². The molecule has 1 unspecified atom stereocenters. The van der Waals surface area contributed by atoms with E-state index in [1.165, 1.54) is 7.11 Å². The second-order valence-electron chi connectivity index (χ2n) is 5.30. The number of carbonyl (C=O) groups is 2. The Hall–Kier alpha value is -2.30.